The van der Waals surface area contributed by atoms with E-state index in [2.05, 4.69) is 20.3 Å². The quantitative estimate of drug-likeness (QED) is 0.766. The van der Waals surface area contributed by atoms with Gasteiger partial charge in [0.05, 0.1) is 26.3 Å². The molecule has 23 heavy (non-hydrogen) atoms. The van der Waals surface area contributed by atoms with Gasteiger partial charge in [-0.2, -0.15) is 9.90 Å². The molecule has 2 heterocycles. The zero-order valence-corrected chi connectivity index (χ0v) is 13.0. The molecule has 0 atom stereocenters. The zero-order valence-electron chi connectivity index (χ0n) is 13.0. The molecule has 2 amide bonds. The van der Waals surface area contributed by atoms with Crippen LogP contribution >= 0.6 is 0 Å². The Balaban J connectivity index is 1.83. The molecule has 0 aromatic carbocycles. The maximum absolute atomic E-state index is 12.2. The smallest absolute Gasteiger partial charge is 0.412 e. The number of aromatic nitrogens is 3. The van der Waals surface area contributed by atoms with Gasteiger partial charge in [0.15, 0.2) is 5.82 Å². The highest BCUT2D eigenvalue weighted by Gasteiger charge is 2.28. The molecule has 0 radical (unpaired) electrons. The maximum atomic E-state index is 12.2. The van der Waals surface area contributed by atoms with Crippen LogP contribution in [0.2, 0.25) is 0 Å². The van der Waals surface area contributed by atoms with E-state index in [1.165, 1.54) is 25.2 Å². The summed E-state index contributed by atoms with van der Waals surface area (Å²) in [7, 11) is 2.60. The molecule has 2 rings (SSSR count). The summed E-state index contributed by atoms with van der Waals surface area (Å²) in [5.41, 5.74) is 0. The summed E-state index contributed by atoms with van der Waals surface area (Å²) in [4.78, 5) is 37.6. The second kappa shape index (κ2) is 7.56. The van der Waals surface area contributed by atoms with Gasteiger partial charge in [0, 0.05) is 13.1 Å². The second-order valence-electron chi connectivity index (χ2n) is 5.06. The Hall–Kier alpha value is -2.65. The molecule has 1 fully saturated rings. The van der Waals surface area contributed by atoms with E-state index < -0.39 is 6.09 Å². The number of anilines is 1. The van der Waals surface area contributed by atoms with Gasteiger partial charge in [-0.25, -0.2) is 4.79 Å². The summed E-state index contributed by atoms with van der Waals surface area (Å²) < 4.78 is 9.15. The Morgan fingerprint density at radius 1 is 1.26 bits per heavy atom. The molecule has 1 N–H and O–H groups in total. The summed E-state index contributed by atoms with van der Waals surface area (Å²) in [5.74, 6) is -0.324. The van der Waals surface area contributed by atoms with E-state index >= 15 is 0 Å². The Labute approximate surface area is 132 Å². The largest absolute Gasteiger partial charge is 0.469 e. The molecule has 10 nitrogen and oxygen atoms in total. The van der Waals surface area contributed by atoms with Crippen molar-refractivity contribution in [2.75, 3.05) is 32.6 Å². The summed E-state index contributed by atoms with van der Waals surface area (Å²) in [6.07, 6.45) is 1.83. The SMILES string of the molecule is COC(=O)Nc1cnn(CC(=O)N2CCC(C(=O)OC)CC2)n1. The third kappa shape index (κ3) is 4.41. The molecule has 1 aromatic rings. The minimum absolute atomic E-state index is 0.0360. The Morgan fingerprint density at radius 2 is 1.96 bits per heavy atom. The van der Waals surface area contributed by atoms with Gasteiger partial charge in [0.1, 0.15) is 6.54 Å². The third-order valence-electron chi connectivity index (χ3n) is 3.61. The Bertz CT molecular complexity index is 579. The number of methoxy groups -OCH3 is 2. The molecule has 126 valence electrons. The highest BCUT2D eigenvalue weighted by molar-refractivity contribution is 5.82. The van der Waals surface area contributed by atoms with Crippen molar-refractivity contribution in [2.24, 2.45) is 5.92 Å². The van der Waals surface area contributed by atoms with E-state index in [0.29, 0.717) is 25.9 Å². The van der Waals surface area contributed by atoms with Gasteiger partial charge in [-0.15, -0.1) is 5.10 Å². The minimum atomic E-state index is -0.659. The molecule has 10 heteroatoms. The van der Waals surface area contributed by atoms with Gasteiger partial charge in [0.2, 0.25) is 5.91 Å². The lowest BCUT2D eigenvalue weighted by Gasteiger charge is -2.30. The summed E-state index contributed by atoms with van der Waals surface area (Å²) in [6.45, 7) is 0.950. The van der Waals surface area contributed by atoms with E-state index in [1.807, 2.05) is 0 Å². The molecular weight excluding hydrogens is 306 g/mol. The normalized spacial score (nSPS) is 15.1. The van der Waals surface area contributed by atoms with Gasteiger partial charge in [-0.3, -0.25) is 14.9 Å². The van der Waals surface area contributed by atoms with Crippen LogP contribution < -0.4 is 5.32 Å². The predicted molar refractivity (Wildman–Crippen MR) is 77.4 cm³/mol. The van der Waals surface area contributed by atoms with Crippen LogP contribution in [0.3, 0.4) is 0 Å². The van der Waals surface area contributed by atoms with Gasteiger partial charge in [-0.05, 0) is 12.8 Å². The number of ether oxygens (including phenoxy) is 2. The minimum Gasteiger partial charge on any atom is -0.469 e. The van der Waals surface area contributed by atoms with Crippen molar-refractivity contribution in [1.82, 2.24) is 19.9 Å². The number of rotatable bonds is 4. The van der Waals surface area contributed by atoms with Crippen LogP contribution in [0.15, 0.2) is 6.20 Å². The van der Waals surface area contributed by atoms with E-state index in [4.69, 9.17) is 4.74 Å². The molecular formula is C13H19N5O5. The van der Waals surface area contributed by atoms with Crippen LogP contribution in [0.4, 0.5) is 10.6 Å². The number of amides is 2. The number of nitrogens with zero attached hydrogens (tertiary/aromatic N) is 4. The fourth-order valence-corrected chi connectivity index (χ4v) is 2.34. The fourth-order valence-electron chi connectivity index (χ4n) is 2.34. The van der Waals surface area contributed by atoms with Crippen LogP contribution in [-0.2, 0) is 25.6 Å². The van der Waals surface area contributed by atoms with Crippen LogP contribution in [-0.4, -0.2) is 65.2 Å². The van der Waals surface area contributed by atoms with Crippen LogP contribution in [0.25, 0.3) is 0 Å². The van der Waals surface area contributed by atoms with Crippen molar-refractivity contribution in [2.45, 2.75) is 19.4 Å². The van der Waals surface area contributed by atoms with Crippen LogP contribution in [0, 0.1) is 5.92 Å². The predicted octanol–water partition coefficient (Wildman–Crippen LogP) is -0.132. The van der Waals surface area contributed by atoms with Crippen molar-refractivity contribution >= 4 is 23.8 Å². The first-order valence-electron chi connectivity index (χ1n) is 7.14. The zero-order chi connectivity index (χ0) is 16.8. The molecule has 0 saturated carbocycles. The average Bonchev–Trinajstić information content (AvgIpc) is 3.00. The monoisotopic (exact) mass is 325 g/mol. The van der Waals surface area contributed by atoms with Crippen molar-refractivity contribution < 1.29 is 23.9 Å². The first kappa shape index (κ1) is 16.7. The van der Waals surface area contributed by atoms with Crippen molar-refractivity contribution in [3.05, 3.63) is 6.20 Å². The topological polar surface area (TPSA) is 116 Å². The van der Waals surface area contributed by atoms with Gasteiger partial charge < -0.3 is 14.4 Å². The molecule has 1 saturated heterocycles. The molecule has 0 bridgehead atoms. The lowest BCUT2D eigenvalue weighted by atomic mass is 9.97. The van der Waals surface area contributed by atoms with Crippen LogP contribution in [0.5, 0.6) is 0 Å². The van der Waals surface area contributed by atoms with E-state index in [9.17, 15) is 14.4 Å². The molecule has 1 aliphatic heterocycles. The lowest BCUT2D eigenvalue weighted by Crippen LogP contribution is -2.42. The number of hydrogen-bond donors (Lipinski definition) is 1. The van der Waals surface area contributed by atoms with Crippen molar-refractivity contribution in [1.29, 1.82) is 0 Å². The van der Waals surface area contributed by atoms with Gasteiger partial charge in [0.25, 0.3) is 0 Å². The summed E-state index contributed by atoms with van der Waals surface area (Å²) in [5, 5.41) is 10.2. The average molecular weight is 325 g/mol. The summed E-state index contributed by atoms with van der Waals surface area (Å²) >= 11 is 0. The molecule has 0 aliphatic carbocycles. The van der Waals surface area contributed by atoms with E-state index in [-0.39, 0.29) is 30.2 Å². The first-order chi connectivity index (χ1) is 11.0. The molecule has 1 aliphatic rings. The third-order valence-corrected chi connectivity index (χ3v) is 3.61. The number of esters is 1. The van der Waals surface area contributed by atoms with Gasteiger partial charge in [-0.1, -0.05) is 0 Å². The highest BCUT2D eigenvalue weighted by atomic mass is 16.5. The fraction of sp³-hybridized carbons (Fsp3) is 0.615. The number of hydrogen-bond acceptors (Lipinski definition) is 7. The van der Waals surface area contributed by atoms with E-state index in [0.717, 1.165) is 0 Å². The molecule has 0 spiro atoms. The number of likely N-dealkylation sites (tertiary alicyclic amines) is 1. The number of carbonyl (C=O) groups excluding carboxylic acids is 3. The number of nitrogens with one attached hydrogen (secondary N) is 1. The summed E-state index contributed by atoms with van der Waals surface area (Å²) in [6, 6.07) is 0. The first-order valence-corrected chi connectivity index (χ1v) is 7.14. The standard InChI is InChI=1S/C13H19N5O5/c1-22-12(20)9-3-5-17(6-4-9)11(19)8-18-14-7-10(16-18)15-13(21)23-2/h7,9H,3-6,8H2,1-2H3,(H,15,16,21). The van der Waals surface area contributed by atoms with Crippen LogP contribution in [0.1, 0.15) is 12.8 Å². The number of carbonyl (C=O) groups is 3. The number of piperidine rings is 1. The highest BCUT2D eigenvalue weighted by Crippen LogP contribution is 2.18. The Kier molecular flexibility index (Phi) is 5.50. The Morgan fingerprint density at radius 3 is 2.57 bits per heavy atom. The molecule has 0 unspecified atom stereocenters. The molecule has 1 aromatic heterocycles. The van der Waals surface area contributed by atoms with Gasteiger partial charge >= 0.3 is 12.1 Å². The lowest BCUT2D eigenvalue weighted by molar-refractivity contribution is -0.149. The second-order valence-corrected chi connectivity index (χ2v) is 5.06. The van der Waals surface area contributed by atoms with Crippen molar-refractivity contribution in [3.8, 4) is 0 Å². The van der Waals surface area contributed by atoms with Crippen molar-refractivity contribution in [3.63, 3.8) is 0 Å². The van der Waals surface area contributed by atoms with E-state index in [1.54, 1.807) is 4.90 Å². The maximum Gasteiger partial charge on any atom is 0.412 e.